The molecule has 2 saturated heterocycles. The van der Waals surface area contributed by atoms with Crippen LogP contribution in [-0.2, 0) is 9.53 Å². The number of rotatable bonds is 6. The summed E-state index contributed by atoms with van der Waals surface area (Å²) < 4.78 is 5.50. The van der Waals surface area contributed by atoms with Crippen molar-refractivity contribution < 1.29 is 19.1 Å². The Morgan fingerprint density at radius 2 is 1.86 bits per heavy atom. The number of ether oxygens (including phenoxy) is 1. The fourth-order valence-electron chi connectivity index (χ4n) is 5.39. The van der Waals surface area contributed by atoms with Crippen LogP contribution < -0.4 is 15.5 Å². The van der Waals surface area contributed by atoms with E-state index in [1.165, 1.54) is 0 Å². The molecule has 2 heterocycles. The summed E-state index contributed by atoms with van der Waals surface area (Å²) in [5.74, 6) is 0.140. The molecule has 2 fully saturated rings. The van der Waals surface area contributed by atoms with Crippen LogP contribution in [0, 0.1) is 24.7 Å². The third kappa shape index (κ3) is 7.76. The summed E-state index contributed by atoms with van der Waals surface area (Å²) >= 11 is 6.44. The molecule has 2 aliphatic heterocycles. The number of anilines is 1. The van der Waals surface area contributed by atoms with E-state index in [0.29, 0.717) is 36.1 Å². The Morgan fingerprint density at radius 1 is 1.22 bits per heavy atom. The van der Waals surface area contributed by atoms with E-state index in [4.69, 9.17) is 16.3 Å². The van der Waals surface area contributed by atoms with Gasteiger partial charge in [0, 0.05) is 55.5 Å². The zero-order valence-corrected chi connectivity index (χ0v) is 24.1. The monoisotopic (exact) mass is 534 g/mol. The number of carbonyl (C=O) groups is 3. The summed E-state index contributed by atoms with van der Waals surface area (Å²) in [6.07, 6.45) is 2.41. The Kier molecular flexibility index (Phi) is 9.37. The van der Waals surface area contributed by atoms with E-state index in [1.54, 1.807) is 11.0 Å². The summed E-state index contributed by atoms with van der Waals surface area (Å²) in [5.41, 5.74) is 1.78. The molecule has 3 rings (SSSR count). The summed E-state index contributed by atoms with van der Waals surface area (Å²) in [6.45, 7) is 14.0. The molecule has 2 aliphatic rings. The van der Waals surface area contributed by atoms with Crippen LogP contribution in [0.3, 0.4) is 0 Å². The van der Waals surface area contributed by atoms with Crippen molar-refractivity contribution in [2.24, 2.45) is 17.8 Å². The highest BCUT2D eigenvalue weighted by atomic mass is 35.5. The Balaban J connectivity index is 1.60. The van der Waals surface area contributed by atoms with Gasteiger partial charge in [0.15, 0.2) is 0 Å². The van der Waals surface area contributed by atoms with E-state index in [0.717, 1.165) is 37.1 Å². The number of benzene rings is 1. The van der Waals surface area contributed by atoms with Gasteiger partial charge in [-0.1, -0.05) is 18.5 Å². The first-order chi connectivity index (χ1) is 17.2. The van der Waals surface area contributed by atoms with Crippen molar-refractivity contribution in [3.8, 4) is 0 Å². The predicted octanol–water partition coefficient (Wildman–Crippen LogP) is 4.62. The van der Waals surface area contributed by atoms with E-state index < -0.39 is 5.60 Å². The molecule has 206 valence electrons. The third-order valence-corrected chi connectivity index (χ3v) is 7.64. The molecule has 0 radical (unpaired) electrons. The van der Waals surface area contributed by atoms with E-state index >= 15 is 0 Å². The third-order valence-electron chi connectivity index (χ3n) is 7.42. The first kappa shape index (κ1) is 29.1. The van der Waals surface area contributed by atoms with Gasteiger partial charge in [0.1, 0.15) is 5.60 Å². The number of nitrogens with zero attached hydrogens (tertiary/aromatic N) is 2. The summed E-state index contributed by atoms with van der Waals surface area (Å²) in [7, 11) is 2.01. The molecular formula is C28H43ClN4O4. The highest BCUT2D eigenvalue weighted by Gasteiger charge is 2.33. The molecule has 3 atom stereocenters. The molecule has 1 aromatic rings. The van der Waals surface area contributed by atoms with Crippen LogP contribution in [0.1, 0.15) is 69.8 Å². The van der Waals surface area contributed by atoms with Crippen LogP contribution in [0.5, 0.6) is 0 Å². The van der Waals surface area contributed by atoms with Gasteiger partial charge in [-0.05, 0) is 83.4 Å². The summed E-state index contributed by atoms with van der Waals surface area (Å²) in [4.78, 5) is 41.8. The van der Waals surface area contributed by atoms with E-state index in [-0.39, 0.29) is 35.8 Å². The molecule has 1 aromatic carbocycles. The highest BCUT2D eigenvalue weighted by Crippen LogP contribution is 2.30. The molecule has 2 N–H and O–H groups in total. The Morgan fingerprint density at radius 3 is 2.46 bits per heavy atom. The van der Waals surface area contributed by atoms with Crippen molar-refractivity contribution in [3.63, 3.8) is 0 Å². The highest BCUT2D eigenvalue weighted by molar-refractivity contribution is 6.31. The van der Waals surface area contributed by atoms with Gasteiger partial charge in [0.05, 0.1) is 5.92 Å². The topological polar surface area (TPSA) is 91.0 Å². The molecule has 37 heavy (non-hydrogen) atoms. The van der Waals surface area contributed by atoms with Gasteiger partial charge in [-0.2, -0.15) is 0 Å². The Labute approximate surface area is 226 Å². The molecule has 8 nitrogen and oxygen atoms in total. The van der Waals surface area contributed by atoms with Crippen molar-refractivity contribution >= 4 is 35.2 Å². The predicted molar refractivity (Wildman–Crippen MR) is 147 cm³/mol. The van der Waals surface area contributed by atoms with E-state index in [1.807, 2.05) is 47.7 Å². The molecule has 0 saturated carbocycles. The number of halogens is 1. The van der Waals surface area contributed by atoms with Gasteiger partial charge in [0.2, 0.25) is 5.91 Å². The maximum Gasteiger partial charge on any atom is 0.410 e. The largest absolute Gasteiger partial charge is 0.444 e. The number of hydrogen-bond donors (Lipinski definition) is 2. The lowest BCUT2D eigenvalue weighted by molar-refractivity contribution is -0.129. The second kappa shape index (κ2) is 11.9. The van der Waals surface area contributed by atoms with Gasteiger partial charge in [-0.3, -0.25) is 9.59 Å². The lowest BCUT2D eigenvalue weighted by Gasteiger charge is -2.35. The Bertz CT molecular complexity index is 1000. The lowest BCUT2D eigenvalue weighted by Crippen LogP contribution is -2.50. The summed E-state index contributed by atoms with van der Waals surface area (Å²) in [5, 5.41) is 6.44. The van der Waals surface area contributed by atoms with Crippen molar-refractivity contribution in [2.75, 3.05) is 38.1 Å². The maximum absolute atomic E-state index is 13.1. The number of hydrogen-bond acceptors (Lipinski definition) is 5. The van der Waals surface area contributed by atoms with Gasteiger partial charge in [-0.15, -0.1) is 0 Å². The smallest absolute Gasteiger partial charge is 0.410 e. The zero-order chi connectivity index (χ0) is 27.5. The maximum atomic E-state index is 13.1. The van der Waals surface area contributed by atoms with E-state index in [2.05, 4.69) is 22.5 Å². The minimum absolute atomic E-state index is 0.00694. The molecule has 9 heteroatoms. The van der Waals surface area contributed by atoms with Crippen molar-refractivity contribution in [3.05, 3.63) is 28.3 Å². The van der Waals surface area contributed by atoms with E-state index in [9.17, 15) is 14.4 Å². The summed E-state index contributed by atoms with van der Waals surface area (Å²) in [6, 6.07) is 3.74. The number of carbonyl (C=O) groups excluding carboxylic acids is 3. The molecule has 3 amide bonds. The SMILES string of the molecule is Cc1c(C(=O)NCC2C(=O)NC(C)CC2C)cc(Cl)cc1N(C)CC1CCN(C(=O)OC(C)(C)C)CC1. The van der Waals surface area contributed by atoms with Crippen LogP contribution in [-0.4, -0.2) is 67.7 Å². The zero-order valence-electron chi connectivity index (χ0n) is 23.3. The average molecular weight is 535 g/mol. The van der Waals surface area contributed by atoms with Crippen LogP contribution in [0.25, 0.3) is 0 Å². The van der Waals surface area contributed by atoms with Crippen LogP contribution in [0.4, 0.5) is 10.5 Å². The number of likely N-dealkylation sites (tertiary alicyclic amines) is 1. The van der Waals surface area contributed by atoms with Gasteiger partial charge in [-0.25, -0.2) is 4.79 Å². The van der Waals surface area contributed by atoms with Gasteiger partial charge < -0.3 is 25.2 Å². The van der Waals surface area contributed by atoms with Crippen molar-refractivity contribution in [2.45, 2.75) is 72.4 Å². The minimum Gasteiger partial charge on any atom is -0.444 e. The molecule has 0 bridgehead atoms. The Hall–Kier alpha value is -2.48. The first-order valence-corrected chi connectivity index (χ1v) is 13.7. The quantitative estimate of drug-likeness (QED) is 0.555. The standard InChI is InChI=1S/C28H43ClN4O4/c1-17-12-18(2)31-26(35)23(17)15-30-25(34)22-13-21(29)14-24(19(22)3)32(7)16-20-8-10-33(11-9-20)27(36)37-28(4,5)6/h13-14,17-18,20,23H,8-12,15-16H2,1-7H3,(H,30,34)(H,31,35). The average Bonchev–Trinajstić information content (AvgIpc) is 2.78. The second-order valence-corrected chi connectivity index (χ2v) is 12.3. The van der Waals surface area contributed by atoms with Crippen LogP contribution >= 0.6 is 11.6 Å². The van der Waals surface area contributed by atoms with Crippen molar-refractivity contribution in [1.82, 2.24) is 15.5 Å². The normalized spacial score (nSPS) is 22.9. The second-order valence-electron chi connectivity index (χ2n) is 11.8. The number of amides is 3. The van der Waals surface area contributed by atoms with Crippen molar-refractivity contribution in [1.29, 1.82) is 0 Å². The van der Waals surface area contributed by atoms with Crippen LogP contribution in [0.2, 0.25) is 5.02 Å². The number of nitrogens with one attached hydrogen (secondary N) is 2. The molecule has 0 spiro atoms. The molecule has 3 unspecified atom stereocenters. The lowest BCUT2D eigenvalue weighted by atomic mass is 9.84. The van der Waals surface area contributed by atoms with Gasteiger partial charge in [0.25, 0.3) is 5.91 Å². The number of piperidine rings is 2. The minimum atomic E-state index is -0.498. The van der Waals surface area contributed by atoms with Crippen LogP contribution in [0.15, 0.2) is 12.1 Å². The molecule has 0 aliphatic carbocycles. The first-order valence-electron chi connectivity index (χ1n) is 13.3. The van der Waals surface area contributed by atoms with Gasteiger partial charge >= 0.3 is 6.09 Å². The fourth-order valence-corrected chi connectivity index (χ4v) is 5.60. The molecular weight excluding hydrogens is 492 g/mol. The fraction of sp³-hybridized carbons (Fsp3) is 0.679. The molecule has 0 aromatic heterocycles.